The van der Waals surface area contributed by atoms with Crippen molar-refractivity contribution in [3.8, 4) is 0 Å². The Morgan fingerprint density at radius 2 is 1.28 bits per heavy atom. The molecule has 25 heavy (non-hydrogen) atoms. The fourth-order valence-electron chi connectivity index (χ4n) is 1.68. The first-order valence-electron chi connectivity index (χ1n) is 7.22. The summed E-state index contributed by atoms with van der Waals surface area (Å²) in [7, 11) is 0. The van der Waals surface area contributed by atoms with Crippen molar-refractivity contribution in [2.24, 2.45) is 5.73 Å². The Morgan fingerprint density at radius 1 is 0.800 bits per heavy atom. The van der Waals surface area contributed by atoms with E-state index in [1.165, 1.54) is 0 Å². The van der Waals surface area contributed by atoms with Gasteiger partial charge in [-0.15, -0.1) is 0 Å². The van der Waals surface area contributed by atoms with Gasteiger partial charge in [0.1, 0.15) is 12.1 Å². The molecule has 0 aromatic rings. The highest BCUT2D eigenvalue weighted by Gasteiger charge is 2.27. The molecule has 0 saturated heterocycles. The fraction of sp³-hybridized carbons (Fsp3) is 0.615. The van der Waals surface area contributed by atoms with Gasteiger partial charge in [-0.1, -0.05) is 0 Å². The Labute approximate surface area is 142 Å². The van der Waals surface area contributed by atoms with E-state index in [9.17, 15) is 24.0 Å². The smallest absolute Gasteiger partial charge is 0.326 e. The third-order valence-electron chi connectivity index (χ3n) is 3.08. The molecular weight excluding hydrogens is 342 g/mol. The van der Waals surface area contributed by atoms with Gasteiger partial charge in [-0.05, 0) is 12.8 Å². The zero-order chi connectivity index (χ0) is 19.6. The monoisotopic (exact) mass is 363 g/mol. The molecule has 0 aliphatic heterocycles. The molecule has 0 aliphatic carbocycles. The SMILES string of the molecule is N[C@@H](CCC(=O)O)C(=O)N[C@@H](CO)C(=O)N[C@@H](CCC(=O)O)C(=O)O. The number of carboxylic acids is 3. The maximum Gasteiger partial charge on any atom is 0.326 e. The van der Waals surface area contributed by atoms with Crippen molar-refractivity contribution in [3.63, 3.8) is 0 Å². The second-order valence-electron chi connectivity index (χ2n) is 5.11. The summed E-state index contributed by atoms with van der Waals surface area (Å²) in [6, 6.07) is -4.27. The molecule has 0 fully saturated rings. The minimum Gasteiger partial charge on any atom is -0.481 e. The summed E-state index contributed by atoms with van der Waals surface area (Å²) in [6.45, 7) is -0.867. The number of carbonyl (C=O) groups is 5. The largest absolute Gasteiger partial charge is 0.481 e. The first-order valence-corrected chi connectivity index (χ1v) is 7.22. The average molecular weight is 363 g/mol. The molecule has 0 aromatic heterocycles. The van der Waals surface area contributed by atoms with Gasteiger partial charge in [-0.3, -0.25) is 19.2 Å². The molecule has 142 valence electrons. The van der Waals surface area contributed by atoms with Crippen LogP contribution in [0.3, 0.4) is 0 Å². The molecule has 0 radical (unpaired) electrons. The molecule has 0 spiro atoms. The van der Waals surface area contributed by atoms with Crippen LogP contribution in [0.1, 0.15) is 25.7 Å². The van der Waals surface area contributed by atoms with Crippen LogP contribution in [0.4, 0.5) is 0 Å². The van der Waals surface area contributed by atoms with Gasteiger partial charge in [0.05, 0.1) is 12.6 Å². The van der Waals surface area contributed by atoms with Crippen LogP contribution in [0.15, 0.2) is 0 Å². The maximum absolute atomic E-state index is 11.9. The highest BCUT2D eigenvalue weighted by Crippen LogP contribution is 2.00. The molecule has 12 heteroatoms. The number of amides is 2. The lowest BCUT2D eigenvalue weighted by atomic mass is 10.1. The topological polar surface area (TPSA) is 216 Å². The summed E-state index contributed by atoms with van der Waals surface area (Å²) < 4.78 is 0. The molecule has 0 aliphatic rings. The number of aliphatic hydroxyl groups is 1. The number of nitrogens with two attached hydrogens (primary N) is 1. The van der Waals surface area contributed by atoms with Crippen molar-refractivity contribution in [2.45, 2.75) is 43.8 Å². The molecule has 0 unspecified atom stereocenters. The zero-order valence-electron chi connectivity index (χ0n) is 13.2. The van der Waals surface area contributed by atoms with E-state index >= 15 is 0 Å². The second-order valence-corrected chi connectivity index (χ2v) is 5.11. The van der Waals surface area contributed by atoms with Crippen molar-refractivity contribution in [2.75, 3.05) is 6.61 Å². The Hall–Kier alpha value is -2.73. The van der Waals surface area contributed by atoms with Gasteiger partial charge in [-0.25, -0.2) is 4.79 Å². The molecular formula is C13H21N3O9. The number of aliphatic hydroxyl groups excluding tert-OH is 1. The maximum atomic E-state index is 11.9. The minimum absolute atomic E-state index is 0.197. The molecule has 3 atom stereocenters. The van der Waals surface area contributed by atoms with Gasteiger partial charge in [-0.2, -0.15) is 0 Å². The van der Waals surface area contributed by atoms with Crippen molar-refractivity contribution >= 4 is 29.7 Å². The molecule has 12 nitrogen and oxygen atoms in total. The number of nitrogens with one attached hydrogen (secondary N) is 2. The van der Waals surface area contributed by atoms with Crippen molar-refractivity contribution < 1.29 is 44.4 Å². The number of carbonyl (C=O) groups excluding carboxylic acids is 2. The quantitative estimate of drug-likeness (QED) is 0.187. The van der Waals surface area contributed by atoms with Crippen LogP contribution in [-0.4, -0.2) is 74.9 Å². The Balaban J connectivity index is 4.71. The highest BCUT2D eigenvalue weighted by molar-refractivity contribution is 5.92. The van der Waals surface area contributed by atoms with Gasteiger partial charge in [0.2, 0.25) is 11.8 Å². The van der Waals surface area contributed by atoms with Gasteiger partial charge in [0.15, 0.2) is 0 Å². The summed E-state index contributed by atoms with van der Waals surface area (Å²) in [5.41, 5.74) is 5.45. The Bertz CT molecular complexity index is 523. The number of carboxylic acid groups (broad SMARTS) is 3. The lowest BCUT2D eigenvalue weighted by Crippen LogP contribution is -2.55. The summed E-state index contributed by atoms with van der Waals surface area (Å²) in [5.74, 6) is -5.83. The summed E-state index contributed by atoms with van der Waals surface area (Å²) >= 11 is 0. The number of hydrogen-bond acceptors (Lipinski definition) is 7. The molecule has 0 aromatic carbocycles. The Kier molecular flexibility index (Phi) is 9.74. The summed E-state index contributed by atoms with van der Waals surface area (Å²) in [4.78, 5) is 55.6. The predicted octanol–water partition coefficient (Wildman–Crippen LogP) is -2.91. The molecule has 8 N–H and O–H groups in total. The van der Waals surface area contributed by atoms with Gasteiger partial charge >= 0.3 is 17.9 Å². The van der Waals surface area contributed by atoms with Crippen LogP contribution in [-0.2, 0) is 24.0 Å². The van der Waals surface area contributed by atoms with E-state index in [2.05, 4.69) is 5.32 Å². The van der Waals surface area contributed by atoms with Gasteiger partial charge in [0, 0.05) is 12.8 Å². The first-order chi connectivity index (χ1) is 11.6. The third kappa shape index (κ3) is 9.22. The highest BCUT2D eigenvalue weighted by atomic mass is 16.4. The average Bonchev–Trinajstić information content (AvgIpc) is 2.52. The van der Waals surface area contributed by atoms with Gasteiger partial charge in [0.25, 0.3) is 0 Å². The van der Waals surface area contributed by atoms with Crippen molar-refractivity contribution in [1.82, 2.24) is 10.6 Å². The van der Waals surface area contributed by atoms with E-state index in [1.54, 1.807) is 0 Å². The van der Waals surface area contributed by atoms with Crippen LogP contribution in [0.2, 0.25) is 0 Å². The molecule has 0 rings (SSSR count). The van der Waals surface area contributed by atoms with Crippen molar-refractivity contribution in [1.29, 1.82) is 0 Å². The Morgan fingerprint density at radius 3 is 1.72 bits per heavy atom. The predicted molar refractivity (Wildman–Crippen MR) is 80.3 cm³/mol. The lowest BCUT2D eigenvalue weighted by molar-refractivity contribution is -0.143. The minimum atomic E-state index is -1.52. The van der Waals surface area contributed by atoms with Crippen LogP contribution in [0.25, 0.3) is 0 Å². The lowest BCUT2D eigenvalue weighted by Gasteiger charge is -2.21. The first kappa shape index (κ1) is 22.3. The number of aliphatic carboxylic acids is 3. The normalized spacial score (nSPS) is 14.0. The third-order valence-corrected chi connectivity index (χ3v) is 3.08. The van der Waals surface area contributed by atoms with Crippen molar-refractivity contribution in [3.05, 3.63) is 0 Å². The van der Waals surface area contributed by atoms with E-state index in [0.29, 0.717) is 0 Å². The molecule has 2 amide bonds. The van der Waals surface area contributed by atoms with Crippen LogP contribution in [0.5, 0.6) is 0 Å². The summed E-state index contributed by atoms with van der Waals surface area (Å²) in [6.07, 6.45) is -1.47. The fourth-order valence-corrected chi connectivity index (χ4v) is 1.68. The van der Waals surface area contributed by atoms with E-state index in [4.69, 9.17) is 26.2 Å². The van der Waals surface area contributed by atoms with Crippen LogP contribution >= 0.6 is 0 Å². The molecule has 0 bridgehead atoms. The summed E-state index contributed by atoms with van der Waals surface area (Å²) in [5, 5.41) is 39.2. The van der Waals surface area contributed by atoms with Crippen LogP contribution < -0.4 is 16.4 Å². The van der Waals surface area contributed by atoms with E-state index in [1.807, 2.05) is 5.32 Å². The molecule has 0 saturated carbocycles. The van der Waals surface area contributed by atoms with Crippen LogP contribution in [0, 0.1) is 0 Å². The zero-order valence-corrected chi connectivity index (χ0v) is 13.2. The second kappa shape index (κ2) is 10.9. The van der Waals surface area contributed by atoms with E-state index in [0.717, 1.165) is 0 Å². The van der Waals surface area contributed by atoms with E-state index in [-0.39, 0.29) is 19.3 Å². The number of rotatable bonds is 12. The number of hydrogen-bond donors (Lipinski definition) is 7. The standard InChI is InChI=1S/C13H21N3O9/c14-6(1-3-9(18)19)11(22)16-8(5-17)12(23)15-7(13(24)25)2-4-10(20)21/h6-8,17H,1-5,14H2,(H,15,23)(H,16,22)(H,18,19)(H,20,21)(H,24,25)/t6-,7-,8-/m0/s1. The molecule has 0 heterocycles. The van der Waals surface area contributed by atoms with Gasteiger partial charge < -0.3 is 36.8 Å². The van der Waals surface area contributed by atoms with E-state index < -0.39 is 60.9 Å².